The largest absolute Gasteiger partial charge is 0.496 e. The number of benzene rings is 2. The van der Waals surface area contributed by atoms with Gasteiger partial charge in [0.15, 0.2) is 5.82 Å². The summed E-state index contributed by atoms with van der Waals surface area (Å²) in [4.78, 5) is 34.0. The van der Waals surface area contributed by atoms with E-state index in [4.69, 9.17) is 15.5 Å². The number of halogens is 1. The molecule has 1 saturated carbocycles. The number of hydrogen-bond donors (Lipinski definition) is 4. The van der Waals surface area contributed by atoms with Crippen molar-refractivity contribution in [2.24, 2.45) is 5.92 Å². The quantitative estimate of drug-likeness (QED) is 0.219. The topological polar surface area (TPSA) is 148 Å². The van der Waals surface area contributed by atoms with Crippen LogP contribution in [0.3, 0.4) is 0 Å². The van der Waals surface area contributed by atoms with Crippen molar-refractivity contribution in [3.8, 4) is 28.3 Å². The highest BCUT2D eigenvalue weighted by Gasteiger charge is 2.29. The fourth-order valence-corrected chi connectivity index (χ4v) is 4.62. The van der Waals surface area contributed by atoms with E-state index < -0.39 is 11.7 Å². The number of aromatic nitrogens is 4. The Hall–Kier alpha value is -5.32. The molecule has 41 heavy (non-hydrogen) atoms. The van der Waals surface area contributed by atoms with Gasteiger partial charge in [-0.1, -0.05) is 24.3 Å². The SMILES string of the molecule is COc1ccc(F)cc1C(=O)NCc1ccc(-c2ncc(-c3cc(NC(=O)C4CC4)ccn3)c3[nH]nc(N)c23)cc1. The number of carbonyl (C=O) groups excluding carboxylic acids is 2. The lowest BCUT2D eigenvalue weighted by Crippen LogP contribution is -2.23. The number of H-pyrrole nitrogens is 1. The molecule has 0 aliphatic heterocycles. The number of nitrogens with two attached hydrogens (primary N) is 1. The van der Waals surface area contributed by atoms with Crippen LogP contribution in [0.2, 0.25) is 0 Å². The number of nitrogens with one attached hydrogen (secondary N) is 3. The molecule has 0 unspecified atom stereocenters. The van der Waals surface area contributed by atoms with E-state index in [9.17, 15) is 14.0 Å². The number of pyridine rings is 2. The predicted molar refractivity (Wildman–Crippen MR) is 152 cm³/mol. The van der Waals surface area contributed by atoms with Crippen LogP contribution >= 0.6 is 0 Å². The normalized spacial score (nSPS) is 12.7. The summed E-state index contributed by atoms with van der Waals surface area (Å²) in [5, 5.41) is 13.6. The predicted octanol–water partition coefficient (Wildman–Crippen LogP) is 4.70. The molecule has 10 nitrogen and oxygen atoms in total. The Morgan fingerprint density at radius 2 is 1.90 bits per heavy atom. The minimum absolute atomic E-state index is 0.0169. The number of rotatable bonds is 8. The maximum atomic E-state index is 13.7. The highest BCUT2D eigenvalue weighted by atomic mass is 19.1. The summed E-state index contributed by atoms with van der Waals surface area (Å²) in [6.45, 7) is 0.230. The van der Waals surface area contributed by atoms with E-state index in [0.29, 0.717) is 45.1 Å². The summed E-state index contributed by atoms with van der Waals surface area (Å²) in [7, 11) is 1.43. The number of methoxy groups -OCH3 is 1. The number of nitrogens with zero attached hydrogens (tertiary/aromatic N) is 3. The number of fused-ring (bicyclic) bond motifs is 1. The Balaban J connectivity index is 1.23. The van der Waals surface area contributed by atoms with Crippen molar-refractivity contribution in [3.05, 3.63) is 83.9 Å². The molecule has 1 aliphatic carbocycles. The van der Waals surface area contributed by atoms with Gasteiger partial charge in [-0.15, -0.1) is 0 Å². The Morgan fingerprint density at radius 1 is 1.10 bits per heavy atom. The minimum Gasteiger partial charge on any atom is -0.496 e. The average Bonchev–Trinajstić information content (AvgIpc) is 3.78. The van der Waals surface area contributed by atoms with Gasteiger partial charge in [-0.2, -0.15) is 5.10 Å². The lowest BCUT2D eigenvalue weighted by Gasteiger charge is -2.11. The molecule has 0 saturated heterocycles. The van der Waals surface area contributed by atoms with Crippen LogP contribution in [0.15, 0.2) is 67.0 Å². The lowest BCUT2D eigenvalue weighted by molar-refractivity contribution is -0.117. The summed E-state index contributed by atoms with van der Waals surface area (Å²) < 4.78 is 18.8. The Labute approximate surface area is 234 Å². The highest BCUT2D eigenvalue weighted by molar-refractivity contribution is 6.06. The zero-order valence-electron chi connectivity index (χ0n) is 22.1. The van der Waals surface area contributed by atoms with Gasteiger partial charge in [-0.25, -0.2) is 4.39 Å². The average molecular weight is 552 g/mol. The van der Waals surface area contributed by atoms with Gasteiger partial charge in [0.2, 0.25) is 5.91 Å². The zero-order valence-corrected chi connectivity index (χ0v) is 22.1. The molecule has 0 atom stereocenters. The standard InChI is InChI=1S/C30H26FN7O3/c1-41-24-9-8-19(31)12-21(24)30(40)35-14-16-2-4-17(5-3-16)26-25-27(37-38-28(25)32)22(15-34-26)23-13-20(10-11-33-23)36-29(39)18-6-7-18/h2-5,8-13,15,18H,6-7,14H2,1H3,(H,35,40)(H3,32,37,38)(H,33,36,39). The first kappa shape index (κ1) is 25.9. The van der Waals surface area contributed by atoms with Crippen molar-refractivity contribution in [2.75, 3.05) is 18.2 Å². The number of carbonyl (C=O) groups is 2. The second-order valence-electron chi connectivity index (χ2n) is 9.80. The molecule has 0 spiro atoms. The summed E-state index contributed by atoms with van der Waals surface area (Å²) >= 11 is 0. The molecule has 206 valence electrons. The number of amides is 2. The third kappa shape index (κ3) is 5.29. The van der Waals surface area contributed by atoms with E-state index in [-0.39, 0.29) is 23.9 Å². The molecule has 0 bridgehead atoms. The summed E-state index contributed by atoms with van der Waals surface area (Å²) in [6, 6.07) is 14.8. The number of anilines is 2. The second kappa shape index (κ2) is 10.7. The summed E-state index contributed by atoms with van der Waals surface area (Å²) in [5.74, 6) is -0.272. The van der Waals surface area contributed by atoms with Crippen molar-refractivity contribution in [1.82, 2.24) is 25.5 Å². The summed E-state index contributed by atoms with van der Waals surface area (Å²) in [6.07, 6.45) is 5.18. The molecule has 3 aromatic heterocycles. The van der Waals surface area contributed by atoms with Crippen LogP contribution in [0.4, 0.5) is 15.9 Å². The maximum absolute atomic E-state index is 13.7. The van der Waals surface area contributed by atoms with Crippen LogP contribution in [0.25, 0.3) is 33.4 Å². The molecule has 11 heteroatoms. The molecule has 2 aromatic carbocycles. The van der Waals surface area contributed by atoms with Gasteiger partial charge in [0.1, 0.15) is 11.6 Å². The number of nitrogen functional groups attached to an aromatic ring is 1. The molecular formula is C30H26FN7O3. The van der Waals surface area contributed by atoms with Gasteiger partial charge in [0.05, 0.1) is 35.0 Å². The van der Waals surface area contributed by atoms with Gasteiger partial charge in [-0.05, 0) is 48.7 Å². The fraction of sp³-hybridized carbons (Fsp3) is 0.167. The lowest BCUT2D eigenvalue weighted by atomic mass is 10.0. The molecule has 5 N–H and O–H groups in total. The van der Waals surface area contributed by atoms with Crippen LogP contribution in [-0.2, 0) is 11.3 Å². The van der Waals surface area contributed by atoms with E-state index in [0.717, 1.165) is 30.0 Å². The van der Waals surface area contributed by atoms with Crippen molar-refractivity contribution in [3.63, 3.8) is 0 Å². The van der Waals surface area contributed by atoms with Crippen molar-refractivity contribution in [1.29, 1.82) is 0 Å². The monoisotopic (exact) mass is 551 g/mol. The van der Waals surface area contributed by atoms with Crippen molar-refractivity contribution >= 4 is 34.2 Å². The smallest absolute Gasteiger partial charge is 0.255 e. The van der Waals surface area contributed by atoms with Gasteiger partial charge < -0.3 is 21.1 Å². The van der Waals surface area contributed by atoms with E-state index >= 15 is 0 Å². The van der Waals surface area contributed by atoms with Crippen LogP contribution < -0.4 is 21.1 Å². The molecular weight excluding hydrogens is 525 g/mol. The molecule has 1 aliphatic rings. The third-order valence-corrected chi connectivity index (χ3v) is 6.96. The van der Waals surface area contributed by atoms with Crippen LogP contribution in [0.5, 0.6) is 5.75 Å². The highest BCUT2D eigenvalue weighted by Crippen LogP contribution is 2.36. The van der Waals surface area contributed by atoms with Crippen LogP contribution in [0.1, 0.15) is 28.8 Å². The maximum Gasteiger partial charge on any atom is 0.255 e. The van der Waals surface area contributed by atoms with Crippen molar-refractivity contribution < 1.29 is 18.7 Å². The van der Waals surface area contributed by atoms with Gasteiger partial charge in [0.25, 0.3) is 5.91 Å². The van der Waals surface area contributed by atoms with Gasteiger partial charge in [-0.3, -0.25) is 24.7 Å². The summed E-state index contributed by atoms with van der Waals surface area (Å²) in [5.41, 5.74) is 11.3. The molecule has 2 amide bonds. The second-order valence-corrected chi connectivity index (χ2v) is 9.80. The first-order chi connectivity index (χ1) is 19.9. The first-order valence-corrected chi connectivity index (χ1v) is 13.0. The number of ether oxygens (including phenoxy) is 1. The number of hydrogen-bond acceptors (Lipinski definition) is 7. The van der Waals surface area contributed by atoms with Gasteiger partial charge in [0, 0.05) is 41.7 Å². The van der Waals surface area contributed by atoms with Crippen LogP contribution in [-0.4, -0.2) is 39.1 Å². The Bertz CT molecular complexity index is 1780. The zero-order chi connectivity index (χ0) is 28.5. The molecule has 6 rings (SSSR count). The van der Waals surface area contributed by atoms with E-state index in [1.165, 1.54) is 19.2 Å². The minimum atomic E-state index is -0.521. The first-order valence-electron chi connectivity index (χ1n) is 13.0. The van der Waals surface area contributed by atoms with E-state index in [2.05, 4.69) is 25.8 Å². The molecule has 1 fully saturated rings. The molecule has 5 aromatic rings. The van der Waals surface area contributed by atoms with Crippen LogP contribution in [0, 0.1) is 11.7 Å². The number of aromatic amines is 1. The van der Waals surface area contributed by atoms with Gasteiger partial charge >= 0.3 is 0 Å². The Kier molecular flexibility index (Phi) is 6.76. The Morgan fingerprint density at radius 3 is 2.66 bits per heavy atom. The molecule has 3 heterocycles. The van der Waals surface area contributed by atoms with E-state index in [1.54, 1.807) is 24.5 Å². The fourth-order valence-electron chi connectivity index (χ4n) is 4.62. The third-order valence-electron chi connectivity index (χ3n) is 6.96. The molecule has 0 radical (unpaired) electrons. The van der Waals surface area contributed by atoms with Crippen molar-refractivity contribution in [2.45, 2.75) is 19.4 Å². The van der Waals surface area contributed by atoms with E-state index in [1.807, 2.05) is 24.3 Å².